The van der Waals surface area contributed by atoms with Gasteiger partial charge < -0.3 is 10.6 Å². The van der Waals surface area contributed by atoms with E-state index < -0.39 is 5.91 Å². The van der Waals surface area contributed by atoms with Crippen LogP contribution in [0.3, 0.4) is 0 Å². The van der Waals surface area contributed by atoms with Crippen molar-refractivity contribution in [3.05, 3.63) is 54.6 Å². The SMILES string of the molecule is C#CC(=O)Nc1cccc(Cn2ncc3cnc(Nc4cnn(C)c4)nc32)c1. The summed E-state index contributed by atoms with van der Waals surface area (Å²) in [5, 5.41) is 15.1. The highest BCUT2D eigenvalue weighted by Gasteiger charge is 2.09. The molecule has 0 spiro atoms. The molecular weight excluding hydrogens is 356 g/mol. The Bertz CT molecular complexity index is 1200. The van der Waals surface area contributed by atoms with Crippen LogP contribution in [-0.4, -0.2) is 35.4 Å². The van der Waals surface area contributed by atoms with Gasteiger partial charge in [-0.3, -0.25) is 9.48 Å². The molecule has 9 heteroatoms. The Morgan fingerprint density at radius 1 is 1.21 bits per heavy atom. The molecule has 2 N–H and O–H groups in total. The number of nitrogens with zero attached hydrogens (tertiary/aromatic N) is 6. The molecule has 0 aliphatic rings. The minimum Gasteiger partial charge on any atom is -0.321 e. The molecule has 4 aromatic rings. The number of hydrogen-bond acceptors (Lipinski definition) is 6. The van der Waals surface area contributed by atoms with Crippen LogP contribution in [-0.2, 0) is 18.4 Å². The molecule has 0 radical (unpaired) electrons. The Balaban J connectivity index is 1.59. The first-order valence-corrected chi connectivity index (χ1v) is 8.41. The maximum Gasteiger partial charge on any atom is 0.300 e. The number of aromatic nitrogens is 6. The van der Waals surface area contributed by atoms with Gasteiger partial charge in [0.05, 0.1) is 30.0 Å². The van der Waals surface area contributed by atoms with E-state index in [0.29, 0.717) is 23.8 Å². The second-order valence-electron chi connectivity index (χ2n) is 6.10. The number of terminal acetylenes is 1. The van der Waals surface area contributed by atoms with Gasteiger partial charge in [0.25, 0.3) is 5.91 Å². The van der Waals surface area contributed by atoms with Gasteiger partial charge in [-0.2, -0.15) is 15.2 Å². The first-order valence-electron chi connectivity index (χ1n) is 8.41. The lowest BCUT2D eigenvalue weighted by atomic mass is 10.2. The molecule has 3 aromatic heterocycles. The highest BCUT2D eigenvalue weighted by molar-refractivity contribution is 6.03. The van der Waals surface area contributed by atoms with E-state index >= 15 is 0 Å². The van der Waals surface area contributed by atoms with Gasteiger partial charge >= 0.3 is 0 Å². The van der Waals surface area contributed by atoms with Crippen LogP contribution in [0.25, 0.3) is 11.0 Å². The van der Waals surface area contributed by atoms with Crippen molar-refractivity contribution in [2.24, 2.45) is 7.05 Å². The van der Waals surface area contributed by atoms with Crippen LogP contribution in [0.15, 0.2) is 49.1 Å². The Morgan fingerprint density at radius 3 is 2.89 bits per heavy atom. The number of amides is 1. The van der Waals surface area contributed by atoms with Crippen molar-refractivity contribution < 1.29 is 4.79 Å². The maximum absolute atomic E-state index is 11.4. The van der Waals surface area contributed by atoms with Crippen LogP contribution in [0.5, 0.6) is 0 Å². The molecule has 1 amide bonds. The van der Waals surface area contributed by atoms with Crippen LogP contribution in [0.4, 0.5) is 17.3 Å². The molecule has 0 saturated carbocycles. The third-order valence-electron chi connectivity index (χ3n) is 3.99. The minimum atomic E-state index is -0.486. The lowest BCUT2D eigenvalue weighted by Gasteiger charge is -2.07. The molecule has 0 fully saturated rings. The zero-order valence-electron chi connectivity index (χ0n) is 15.0. The number of aryl methyl sites for hydroxylation is 1. The molecular formula is C19H16N8O. The van der Waals surface area contributed by atoms with Gasteiger partial charge in [0.15, 0.2) is 5.65 Å². The van der Waals surface area contributed by atoms with Gasteiger partial charge in [-0.05, 0) is 23.6 Å². The third kappa shape index (κ3) is 3.66. The molecule has 1 aromatic carbocycles. The summed E-state index contributed by atoms with van der Waals surface area (Å²) >= 11 is 0. The van der Waals surface area contributed by atoms with Gasteiger partial charge in [-0.1, -0.05) is 12.1 Å². The molecule has 4 rings (SSSR count). The highest BCUT2D eigenvalue weighted by Crippen LogP contribution is 2.18. The van der Waals surface area contributed by atoms with Gasteiger partial charge in [0.1, 0.15) is 0 Å². The fourth-order valence-corrected chi connectivity index (χ4v) is 2.74. The summed E-state index contributed by atoms with van der Waals surface area (Å²) in [7, 11) is 1.84. The Morgan fingerprint density at radius 2 is 2.11 bits per heavy atom. The van der Waals surface area contributed by atoms with Crippen LogP contribution in [0.2, 0.25) is 0 Å². The monoisotopic (exact) mass is 372 g/mol. The van der Waals surface area contributed by atoms with E-state index in [1.54, 1.807) is 34.0 Å². The fourth-order valence-electron chi connectivity index (χ4n) is 2.74. The average Bonchev–Trinajstić information content (AvgIpc) is 3.28. The zero-order valence-corrected chi connectivity index (χ0v) is 15.0. The number of rotatable bonds is 5. The second-order valence-corrected chi connectivity index (χ2v) is 6.10. The highest BCUT2D eigenvalue weighted by atomic mass is 16.1. The topological polar surface area (TPSA) is 103 Å². The van der Waals surface area contributed by atoms with Crippen LogP contribution in [0.1, 0.15) is 5.56 Å². The largest absolute Gasteiger partial charge is 0.321 e. The Hall–Kier alpha value is -4.19. The van der Waals surface area contributed by atoms with Crippen molar-refractivity contribution in [1.82, 2.24) is 29.5 Å². The van der Waals surface area contributed by atoms with E-state index in [1.807, 2.05) is 37.4 Å². The third-order valence-corrected chi connectivity index (χ3v) is 3.99. The lowest BCUT2D eigenvalue weighted by molar-refractivity contribution is -0.111. The van der Waals surface area contributed by atoms with Crippen molar-refractivity contribution in [3.63, 3.8) is 0 Å². The molecule has 138 valence electrons. The summed E-state index contributed by atoms with van der Waals surface area (Å²) in [6.45, 7) is 0.479. The first kappa shape index (κ1) is 17.2. The van der Waals surface area contributed by atoms with Gasteiger partial charge in [0.2, 0.25) is 5.95 Å². The average molecular weight is 372 g/mol. The maximum atomic E-state index is 11.4. The van der Waals surface area contributed by atoms with Crippen LogP contribution in [0, 0.1) is 12.3 Å². The number of carbonyl (C=O) groups is 1. The van der Waals surface area contributed by atoms with E-state index in [0.717, 1.165) is 16.6 Å². The molecule has 0 aliphatic heterocycles. The second kappa shape index (κ2) is 7.20. The summed E-state index contributed by atoms with van der Waals surface area (Å²) < 4.78 is 3.46. The van der Waals surface area contributed by atoms with Crippen molar-refractivity contribution >= 4 is 34.3 Å². The van der Waals surface area contributed by atoms with E-state index in [-0.39, 0.29) is 0 Å². The van der Waals surface area contributed by atoms with Crippen molar-refractivity contribution in [2.45, 2.75) is 6.54 Å². The lowest BCUT2D eigenvalue weighted by Crippen LogP contribution is -2.09. The predicted molar refractivity (Wildman–Crippen MR) is 105 cm³/mol. The molecule has 0 atom stereocenters. The van der Waals surface area contributed by atoms with Gasteiger partial charge in [-0.25, -0.2) is 9.67 Å². The smallest absolute Gasteiger partial charge is 0.300 e. The van der Waals surface area contributed by atoms with E-state index in [4.69, 9.17) is 6.42 Å². The number of benzene rings is 1. The fraction of sp³-hybridized carbons (Fsp3) is 0.105. The molecule has 0 bridgehead atoms. The summed E-state index contributed by atoms with van der Waals surface area (Å²) in [5.41, 5.74) is 3.06. The quantitative estimate of drug-likeness (QED) is 0.519. The molecule has 0 saturated heterocycles. The Kier molecular flexibility index (Phi) is 4.43. The predicted octanol–water partition coefficient (Wildman–Crippen LogP) is 1.92. The summed E-state index contributed by atoms with van der Waals surface area (Å²) in [6.07, 6.45) is 12.1. The summed E-state index contributed by atoms with van der Waals surface area (Å²) in [6, 6.07) is 7.41. The number of nitrogens with one attached hydrogen (secondary N) is 2. The molecule has 3 heterocycles. The van der Waals surface area contributed by atoms with Gasteiger partial charge in [0, 0.05) is 25.1 Å². The Labute approximate surface area is 160 Å². The molecule has 28 heavy (non-hydrogen) atoms. The van der Waals surface area contributed by atoms with Gasteiger partial charge in [-0.15, -0.1) is 6.42 Å². The van der Waals surface area contributed by atoms with Crippen molar-refractivity contribution in [3.8, 4) is 12.3 Å². The number of anilines is 3. The number of hydrogen-bond donors (Lipinski definition) is 2. The molecule has 0 aliphatic carbocycles. The molecule has 9 nitrogen and oxygen atoms in total. The van der Waals surface area contributed by atoms with Crippen molar-refractivity contribution in [2.75, 3.05) is 10.6 Å². The zero-order chi connectivity index (χ0) is 19.5. The van der Waals surface area contributed by atoms with Crippen molar-refractivity contribution in [1.29, 1.82) is 0 Å². The normalized spacial score (nSPS) is 10.6. The van der Waals surface area contributed by atoms with E-state index in [2.05, 4.69) is 30.8 Å². The number of carbonyl (C=O) groups excluding carboxylic acids is 1. The summed E-state index contributed by atoms with van der Waals surface area (Å²) in [5.74, 6) is 2.00. The summed E-state index contributed by atoms with van der Waals surface area (Å²) in [4.78, 5) is 20.3. The first-order chi connectivity index (χ1) is 13.6. The number of fused-ring (bicyclic) bond motifs is 1. The van der Waals surface area contributed by atoms with Crippen LogP contribution < -0.4 is 10.6 Å². The van der Waals surface area contributed by atoms with Crippen LogP contribution >= 0.6 is 0 Å². The van der Waals surface area contributed by atoms with E-state index in [1.165, 1.54) is 0 Å². The van der Waals surface area contributed by atoms with E-state index in [9.17, 15) is 4.79 Å². The minimum absolute atomic E-state index is 0.456. The standard InChI is InChI=1S/C19H16N8O/c1-3-17(28)23-15-6-4-5-13(7-15)11-27-18-14(9-22-27)8-20-19(25-18)24-16-10-21-26(2)12-16/h1,4-10,12H,11H2,2H3,(H,23,28)(H,20,24,25). The molecule has 0 unspecified atom stereocenters.